The highest BCUT2D eigenvalue weighted by Crippen LogP contribution is 2.30. The minimum atomic E-state index is -0.284. The van der Waals surface area contributed by atoms with Crippen molar-refractivity contribution >= 4 is 17.5 Å². The van der Waals surface area contributed by atoms with Crippen molar-refractivity contribution in [2.45, 2.75) is 31.2 Å². The van der Waals surface area contributed by atoms with Crippen LogP contribution in [-0.2, 0) is 0 Å². The first-order valence-corrected chi connectivity index (χ1v) is 9.20. The number of rotatable bonds is 6. The van der Waals surface area contributed by atoms with Crippen molar-refractivity contribution in [3.63, 3.8) is 0 Å². The Morgan fingerprint density at radius 1 is 1.19 bits per heavy atom. The Balaban J connectivity index is 1.87. The van der Waals surface area contributed by atoms with Crippen molar-refractivity contribution in [3.8, 4) is 11.4 Å². The van der Waals surface area contributed by atoms with Gasteiger partial charge in [0.15, 0.2) is 10.9 Å². The summed E-state index contributed by atoms with van der Waals surface area (Å²) < 4.78 is 7.27. The Kier molecular flexibility index (Phi) is 5.42. The van der Waals surface area contributed by atoms with E-state index < -0.39 is 0 Å². The van der Waals surface area contributed by atoms with Crippen LogP contribution in [0, 0.1) is 13.8 Å². The molecule has 0 fully saturated rings. The van der Waals surface area contributed by atoms with Crippen LogP contribution in [0.5, 0.6) is 5.75 Å². The molecule has 0 N–H and O–H groups in total. The molecule has 3 rings (SSSR count). The van der Waals surface area contributed by atoms with E-state index in [4.69, 9.17) is 4.74 Å². The van der Waals surface area contributed by atoms with Crippen LogP contribution in [0.3, 0.4) is 0 Å². The second kappa shape index (κ2) is 7.74. The van der Waals surface area contributed by atoms with Gasteiger partial charge in [0.2, 0.25) is 0 Å². The second-order valence-corrected chi connectivity index (χ2v) is 7.41. The van der Waals surface area contributed by atoms with Crippen LogP contribution in [0.2, 0.25) is 0 Å². The molecule has 0 bridgehead atoms. The van der Waals surface area contributed by atoms with Gasteiger partial charge < -0.3 is 4.74 Å². The van der Waals surface area contributed by atoms with Gasteiger partial charge in [-0.15, -0.1) is 10.2 Å². The summed E-state index contributed by atoms with van der Waals surface area (Å²) in [5.41, 5.74) is 3.66. The first-order valence-electron chi connectivity index (χ1n) is 8.32. The molecule has 0 amide bonds. The highest BCUT2D eigenvalue weighted by molar-refractivity contribution is 8.00. The molecule has 6 heteroatoms. The number of ether oxygens (including phenoxy) is 1. The van der Waals surface area contributed by atoms with Crippen molar-refractivity contribution in [1.82, 2.24) is 14.8 Å². The van der Waals surface area contributed by atoms with Gasteiger partial charge in [0, 0.05) is 5.56 Å². The van der Waals surface area contributed by atoms with Crippen LogP contribution >= 0.6 is 11.8 Å². The number of carbonyl (C=O) groups is 1. The SMILES string of the molecule is COc1ccccc1-n1cnnc1SC(C)C(=O)c1cc(C)ccc1C. The Morgan fingerprint density at radius 3 is 2.73 bits per heavy atom. The molecule has 0 saturated carbocycles. The number of thioether (sulfide) groups is 1. The fourth-order valence-corrected chi connectivity index (χ4v) is 3.63. The van der Waals surface area contributed by atoms with E-state index in [-0.39, 0.29) is 11.0 Å². The molecule has 2 aromatic carbocycles. The zero-order chi connectivity index (χ0) is 18.7. The molecule has 3 aromatic rings. The average molecular weight is 367 g/mol. The number of methoxy groups -OCH3 is 1. The Bertz CT molecular complexity index is 936. The van der Waals surface area contributed by atoms with Gasteiger partial charge in [0.05, 0.1) is 18.0 Å². The number of aryl methyl sites for hydroxylation is 2. The molecular formula is C20H21N3O2S. The molecule has 1 atom stereocenters. The van der Waals surface area contributed by atoms with Gasteiger partial charge in [-0.25, -0.2) is 0 Å². The lowest BCUT2D eigenvalue weighted by molar-refractivity contribution is 0.0993. The van der Waals surface area contributed by atoms with Crippen LogP contribution in [-0.4, -0.2) is 32.9 Å². The third-order valence-corrected chi connectivity index (χ3v) is 5.23. The summed E-state index contributed by atoms with van der Waals surface area (Å²) >= 11 is 1.39. The molecule has 5 nitrogen and oxygen atoms in total. The van der Waals surface area contributed by atoms with E-state index in [0.717, 1.165) is 28.1 Å². The fraction of sp³-hybridized carbons (Fsp3) is 0.250. The summed E-state index contributed by atoms with van der Waals surface area (Å²) in [6.45, 7) is 5.85. The molecule has 0 aliphatic heterocycles. The second-order valence-electron chi connectivity index (χ2n) is 6.10. The maximum Gasteiger partial charge on any atom is 0.196 e. The molecule has 0 saturated heterocycles. The van der Waals surface area contributed by atoms with Gasteiger partial charge in [-0.3, -0.25) is 9.36 Å². The molecular weight excluding hydrogens is 346 g/mol. The maximum absolute atomic E-state index is 12.9. The van der Waals surface area contributed by atoms with E-state index in [1.807, 2.05) is 67.8 Å². The van der Waals surface area contributed by atoms with Crippen LogP contribution in [0.15, 0.2) is 53.9 Å². The highest BCUT2D eigenvalue weighted by Gasteiger charge is 2.22. The first-order chi connectivity index (χ1) is 12.5. The Hall–Kier alpha value is -2.60. The lowest BCUT2D eigenvalue weighted by atomic mass is 10.0. The average Bonchev–Trinajstić information content (AvgIpc) is 3.10. The van der Waals surface area contributed by atoms with E-state index in [1.54, 1.807) is 13.4 Å². The predicted octanol–water partition coefficient (Wildman–Crippen LogP) is 4.26. The number of ketones is 1. The standard InChI is InChI=1S/C20H21N3O2S/c1-13-9-10-14(2)16(11-13)19(24)15(3)26-20-22-21-12-23(20)17-7-5-6-8-18(17)25-4/h5-12,15H,1-4H3. The normalized spacial score (nSPS) is 12.0. The lowest BCUT2D eigenvalue weighted by Crippen LogP contribution is -2.16. The lowest BCUT2D eigenvalue weighted by Gasteiger charge is -2.14. The van der Waals surface area contributed by atoms with Gasteiger partial charge in [0.1, 0.15) is 12.1 Å². The Labute approximate surface area is 157 Å². The molecule has 1 aromatic heterocycles. The van der Waals surface area contributed by atoms with E-state index in [1.165, 1.54) is 11.8 Å². The number of aromatic nitrogens is 3. The van der Waals surface area contributed by atoms with Crippen molar-refractivity contribution in [1.29, 1.82) is 0 Å². The topological polar surface area (TPSA) is 57.0 Å². The molecule has 0 radical (unpaired) electrons. The van der Waals surface area contributed by atoms with E-state index in [9.17, 15) is 4.79 Å². The number of hydrogen-bond donors (Lipinski definition) is 0. The summed E-state index contributed by atoms with van der Waals surface area (Å²) in [5, 5.41) is 8.58. The Morgan fingerprint density at radius 2 is 1.96 bits per heavy atom. The number of carbonyl (C=O) groups excluding carboxylic acids is 1. The number of hydrogen-bond acceptors (Lipinski definition) is 5. The summed E-state index contributed by atoms with van der Waals surface area (Å²) in [4.78, 5) is 12.9. The summed E-state index contributed by atoms with van der Waals surface area (Å²) in [5.74, 6) is 0.813. The zero-order valence-electron chi connectivity index (χ0n) is 15.3. The highest BCUT2D eigenvalue weighted by atomic mass is 32.2. The molecule has 1 heterocycles. The maximum atomic E-state index is 12.9. The van der Waals surface area contributed by atoms with Crippen molar-refractivity contribution < 1.29 is 9.53 Å². The van der Waals surface area contributed by atoms with E-state index in [2.05, 4.69) is 10.2 Å². The monoisotopic (exact) mass is 367 g/mol. The third kappa shape index (κ3) is 3.65. The van der Waals surface area contributed by atoms with Crippen LogP contribution in [0.25, 0.3) is 5.69 Å². The van der Waals surface area contributed by atoms with E-state index in [0.29, 0.717) is 5.16 Å². The van der Waals surface area contributed by atoms with Crippen molar-refractivity contribution in [2.75, 3.05) is 7.11 Å². The molecule has 1 unspecified atom stereocenters. The first kappa shape index (κ1) is 18.2. The van der Waals surface area contributed by atoms with Crippen LogP contribution in [0.4, 0.5) is 0 Å². The summed E-state index contributed by atoms with van der Waals surface area (Å²) in [6.07, 6.45) is 1.63. The molecule has 0 aliphatic rings. The molecule has 0 spiro atoms. The van der Waals surface area contributed by atoms with Gasteiger partial charge in [0.25, 0.3) is 0 Å². The number of benzene rings is 2. The largest absolute Gasteiger partial charge is 0.495 e. The minimum Gasteiger partial charge on any atom is -0.495 e. The minimum absolute atomic E-state index is 0.0887. The quantitative estimate of drug-likeness (QED) is 0.481. The molecule has 26 heavy (non-hydrogen) atoms. The number of Topliss-reactive ketones (excluding diaryl/α,β-unsaturated/α-hetero) is 1. The van der Waals surface area contributed by atoms with Gasteiger partial charge in [-0.1, -0.05) is 41.6 Å². The summed E-state index contributed by atoms with van der Waals surface area (Å²) in [6, 6.07) is 13.6. The fourth-order valence-electron chi connectivity index (χ4n) is 2.73. The zero-order valence-corrected chi connectivity index (χ0v) is 16.1. The predicted molar refractivity (Wildman–Crippen MR) is 103 cm³/mol. The summed E-state index contributed by atoms with van der Waals surface area (Å²) in [7, 11) is 1.63. The number of nitrogens with zero attached hydrogens (tertiary/aromatic N) is 3. The molecule has 134 valence electrons. The van der Waals surface area contributed by atoms with Gasteiger partial charge in [-0.05, 0) is 44.5 Å². The van der Waals surface area contributed by atoms with Crippen LogP contribution < -0.4 is 4.74 Å². The smallest absolute Gasteiger partial charge is 0.196 e. The van der Waals surface area contributed by atoms with E-state index >= 15 is 0 Å². The third-order valence-electron chi connectivity index (χ3n) is 4.17. The van der Waals surface area contributed by atoms with Crippen molar-refractivity contribution in [2.24, 2.45) is 0 Å². The van der Waals surface area contributed by atoms with Gasteiger partial charge >= 0.3 is 0 Å². The van der Waals surface area contributed by atoms with Crippen molar-refractivity contribution in [3.05, 3.63) is 65.5 Å². The van der Waals surface area contributed by atoms with Crippen LogP contribution in [0.1, 0.15) is 28.4 Å². The number of para-hydroxylation sites is 2. The van der Waals surface area contributed by atoms with Gasteiger partial charge in [-0.2, -0.15) is 0 Å². The molecule has 0 aliphatic carbocycles.